The molecule has 1 amide bonds. The smallest absolute Gasteiger partial charge is 0.254 e. The van der Waals surface area contributed by atoms with Gasteiger partial charge >= 0.3 is 0 Å². The van der Waals surface area contributed by atoms with Crippen LogP contribution in [0.5, 0.6) is 0 Å². The maximum Gasteiger partial charge on any atom is 0.254 e. The standard InChI is InChI=1S/C16H19N3O2S/c1-11-8-12-4-2-3-5-14(12)19(16(11)21)7-6-17-15(20)13-9-22-10-18-13/h2-5,8,13,18H,6-7,9-10H2,1H3,(H,17,20). The minimum atomic E-state index is -0.115. The summed E-state index contributed by atoms with van der Waals surface area (Å²) in [5.74, 6) is 1.63. The van der Waals surface area contributed by atoms with Crippen LogP contribution in [0.4, 0.5) is 0 Å². The van der Waals surface area contributed by atoms with Gasteiger partial charge in [-0.2, -0.15) is 0 Å². The fraction of sp³-hybridized carbons (Fsp3) is 0.375. The third kappa shape index (κ3) is 3.03. The highest BCUT2D eigenvalue weighted by Gasteiger charge is 2.21. The van der Waals surface area contributed by atoms with E-state index < -0.39 is 0 Å². The third-order valence-electron chi connectivity index (χ3n) is 3.85. The second kappa shape index (κ2) is 6.54. The number of carbonyl (C=O) groups excluding carboxylic acids is 1. The second-order valence-corrected chi connectivity index (χ2v) is 6.44. The van der Waals surface area contributed by atoms with Crippen LogP contribution in [0.1, 0.15) is 5.56 Å². The zero-order valence-corrected chi connectivity index (χ0v) is 13.3. The lowest BCUT2D eigenvalue weighted by atomic mass is 10.1. The minimum Gasteiger partial charge on any atom is -0.353 e. The summed E-state index contributed by atoms with van der Waals surface area (Å²) in [5.41, 5.74) is 1.63. The molecule has 5 nitrogen and oxygen atoms in total. The van der Waals surface area contributed by atoms with Crippen molar-refractivity contribution in [1.29, 1.82) is 0 Å². The Morgan fingerprint density at radius 1 is 1.45 bits per heavy atom. The summed E-state index contributed by atoms with van der Waals surface area (Å²) in [6.45, 7) is 2.76. The number of aryl methyl sites for hydroxylation is 1. The van der Waals surface area contributed by atoms with Crippen molar-refractivity contribution in [2.24, 2.45) is 0 Å². The van der Waals surface area contributed by atoms with Crippen molar-refractivity contribution >= 4 is 28.6 Å². The molecule has 1 aromatic heterocycles. The van der Waals surface area contributed by atoms with Gasteiger partial charge in [0, 0.05) is 30.3 Å². The molecular weight excluding hydrogens is 298 g/mol. The Morgan fingerprint density at radius 3 is 3.05 bits per heavy atom. The van der Waals surface area contributed by atoms with Gasteiger partial charge < -0.3 is 9.88 Å². The number of fused-ring (bicyclic) bond motifs is 1. The number of aromatic nitrogens is 1. The van der Waals surface area contributed by atoms with Crippen LogP contribution in [0.25, 0.3) is 10.9 Å². The average molecular weight is 317 g/mol. The molecule has 3 rings (SSSR count). The number of hydrogen-bond donors (Lipinski definition) is 2. The van der Waals surface area contributed by atoms with Crippen LogP contribution in [-0.2, 0) is 11.3 Å². The predicted molar refractivity (Wildman–Crippen MR) is 90.2 cm³/mol. The summed E-state index contributed by atoms with van der Waals surface area (Å²) in [4.78, 5) is 24.3. The maximum absolute atomic E-state index is 12.3. The lowest BCUT2D eigenvalue weighted by molar-refractivity contribution is -0.122. The number of thioether (sulfide) groups is 1. The van der Waals surface area contributed by atoms with Gasteiger partial charge in [-0.15, -0.1) is 11.8 Å². The van der Waals surface area contributed by atoms with Gasteiger partial charge in [0.1, 0.15) is 0 Å². The summed E-state index contributed by atoms with van der Waals surface area (Å²) in [6.07, 6.45) is 0. The molecule has 0 radical (unpaired) electrons. The Labute approximate surface area is 133 Å². The molecule has 0 spiro atoms. The maximum atomic E-state index is 12.3. The van der Waals surface area contributed by atoms with Crippen LogP contribution in [0.2, 0.25) is 0 Å². The Bertz CT molecular complexity index is 751. The summed E-state index contributed by atoms with van der Waals surface area (Å²) in [6, 6.07) is 9.61. The Balaban J connectivity index is 1.74. The van der Waals surface area contributed by atoms with Crippen molar-refractivity contribution in [3.05, 3.63) is 46.2 Å². The number of carbonyl (C=O) groups is 1. The average Bonchev–Trinajstić information content (AvgIpc) is 3.05. The number of amides is 1. The monoisotopic (exact) mass is 317 g/mol. The number of hydrogen-bond acceptors (Lipinski definition) is 4. The topological polar surface area (TPSA) is 63.1 Å². The second-order valence-electron chi connectivity index (χ2n) is 5.41. The van der Waals surface area contributed by atoms with Gasteiger partial charge in [-0.05, 0) is 24.4 Å². The van der Waals surface area contributed by atoms with Gasteiger partial charge in [-0.25, -0.2) is 0 Å². The molecule has 0 aliphatic carbocycles. The Hall–Kier alpha value is -1.79. The van der Waals surface area contributed by atoms with Crippen molar-refractivity contribution in [2.75, 3.05) is 18.2 Å². The van der Waals surface area contributed by atoms with Crippen LogP contribution in [0.3, 0.4) is 0 Å². The first kappa shape index (κ1) is 15.1. The summed E-state index contributed by atoms with van der Waals surface area (Å²) < 4.78 is 1.74. The van der Waals surface area contributed by atoms with E-state index in [9.17, 15) is 9.59 Å². The first-order valence-electron chi connectivity index (χ1n) is 7.35. The molecule has 1 aliphatic rings. The largest absolute Gasteiger partial charge is 0.353 e. The predicted octanol–water partition coefficient (Wildman–Crippen LogP) is 1.09. The molecule has 116 valence electrons. The van der Waals surface area contributed by atoms with Crippen LogP contribution in [-0.4, -0.2) is 34.7 Å². The van der Waals surface area contributed by atoms with E-state index in [4.69, 9.17) is 0 Å². The lowest BCUT2D eigenvalue weighted by Gasteiger charge is -2.14. The Morgan fingerprint density at radius 2 is 2.27 bits per heavy atom. The fourth-order valence-corrected chi connectivity index (χ4v) is 3.61. The molecule has 0 bridgehead atoms. The van der Waals surface area contributed by atoms with E-state index >= 15 is 0 Å². The van der Waals surface area contributed by atoms with Crippen molar-refractivity contribution < 1.29 is 4.79 Å². The highest BCUT2D eigenvalue weighted by molar-refractivity contribution is 7.99. The molecule has 22 heavy (non-hydrogen) atoms. The molecule has 1 aromatic carbocycles. The fourth-order valence-electron chi connectivity index (χ4n) is 2.67. The molecule has 1 saturated heterocycles. The van der Waals surface area contributed by atoms with E-state index in [0.717, 1.165) is 28.1 Å². The molecular formula is C16H19N3O2S. The Kier molecular flexibility index (Phi) is 4.49. The van der Waals surface area contributed by atoms with Crippen molar-refractivity contribution in [3.8, 4) is 0 Å². The third-order valence-corrected chi connectivity index (χ3v) is 4.79. The van der Waals surface area contributed by atoms with E-state index in [2.05, 4.69) is 10.6 Å². The molecule has 1 aliphatic heterocycles. The van der Waals surface area contributed by atoms with Gasteiger partial charge in [0.25, 0.3) is 5.56 Å². The number of benzene rings is 1. The molecule has 1 fully saturated rings. The first-order valence-corrected chi connectivity index (χ1v) is 8.50. The van der Waals surface area contributed by atoms with Gasteiger partial charge in [-0.1, -0.05) is 18.2 Å². The van der Waals surface area contributed by atoms with Crippen LogP contribution < -0.4 is 16.2 Å². The number of rotatable bonds is 4. The molecule has 1 unspecified atom stereocenters. The number of pyridine rings is 1. The lowest BCUT2D eigenvalue weighted by Crippen LogP contribution is -2.43. The van der Waals surface area contributed by atoms with E-state index in [1.165, 1.54) is 0 Å². The van der Waals surface area contributed by atoms with E-state index in [1.807, 2.05) is 37.3 Å². The van der Waals surface area contributed by atoms with Gasteiger partial charge in [0.05, 0.1) is 11.6 Å². The summed E-state index contributed by atoms with van der Waals surface area (Å²) in [7, 11) is 0. The number of para-hydroxylation sites is 1. The van der Waals surface area contributed by atoms with Gasteiger partial charge in [0.2, 0.25) is 5.91 Å². The molecule has 1 atom stereocenters. The zero-order valence-electron chi connectivity index (χ0n) is 12.5. The quantitative estimate of drug-likeness (QED) is 0.886. The zero-order chi connectivity index (χ0) is 15.5. The molecule has 2 aromatic rings. The minimum absolute atomic E-state index is 0.00231. The van der Waals surface area contributed by atoms with Crippen molar-refractivity contribution in [1.82, 2.24) is 15.2 Å². The van der Waals surface area contributed by atoms with E-state index in [0.29, 0.717) is 13.1 Å². The first-order chi connectivity index (χ1) is 10.7. The van der Waals surface area contributed by atoms with Crippen LogP contribution >= 0.6 is 11.8 Å². The highest BCUT2D eigenvalue weighted by Crippen LogP contribution is 2.13. The number of nitrogens with one attached hydrogen (secondary N) is 2. The van der Waals surface area contributed by atoms with Crippen molar-refractivity contribution in [3.63, 3.8) is 0 Å². The molecule has 6 heteroatoms. The van der Waals surface area contributed by atoms with Crippen molar-refractivity contribution in [2.45, 2.75) is 19.5 Å². The number of nitrogens with zero attached hydrogens (tertiary/aromatic N) is 1. The molecule has 2 heterocycles. The van der Waals surface area contributed by atoms with Crippen LogP contribution in [0, 0.1) is 6.92 Å². The van der Waals surface area contributed by atoms with Gasteiger partial charge in [0.15, 0.2) is 0 Å². The van der Waals surface area contributed by atoms with Crippen LogP contribution in [0.15, 0.2) is 35.1 Å². The summed E-state index contributed by atoms with van der Waals surface area (Å²) >= 11 is 1.72. The highest BCUT2D eigenvalue weighted by atomic mass is 32.2. The normalized spacial score (nSPS) is 17.8. The summed E-state index contributed by atoms with van der Waals surface area (Å²) in [5, 5.41) is 7.09. The van der Waals surface area contributed by atoms with E-state index in [1.54, 1.807) is 16.3 Å². The molecule has 2 N–H and O–H groups in total. The SMILES string of the molecule is Cc1cc2ccccc2n(CCNC(=O)C2CSCN2)c1=O. The van der Waals surface area contributed by atoms with E-state index in [-0.39, 0.29) is 17.5 Å². The van der Waals surface area contributed by atoms with Gasteiger partial charge in [-0.3, -0.25) is 14.9 Å². The molecule has 0 saturated carbocycles.